The van der Waals surface area contributed by atoms with Gasteiger partial charge in [-0.2, -0.15) is 0 Å². The molecule has 0 unspecified atom stereocenters. The minimum Gasteiger partial charge on any atom is -0.495 e. The smallest absolute Gasteiger partial charge is 0.227 e. The highest BCUT2D eigenvalue weighted by Gasteiger charge is 2.25. The Hall–Kier alpha value is -2.49. The van der Waals surface area contributed by atoms with Crippen molar-refractivity contribution in [2.24, 2.45) is 5.92 Å². The number of methoxy groups -OCH3 is 1. The molecule has 0 aromatic heterocycles. The molecule has 3 rings (SSSR count). The molecule has 4 nitrogen and oxygen atoms in total. The number of amides is 1. The van der Waals surface area contributed by atoms with Gasteiger partial charge in [0.05, 0.1) is 12.8 Å². The second kappa shape index (κ2) is 7.39. The van der Waals surface area contributed by atoms with Crippen molar-refractivity contribution >= 4 is 17.3 Å². The first-order valence-corrected chi connectivity index (χ1v) is 8.43. The van der Waals surface area contributed by atoms with E-state index in [4.69, 9.17) is 4.74 Å². The van der Waals surface area contributed by atoms with Gasteiger partial charge in [-0.05, 0) is 49.6 Å². The van der Waals surface area contributed by atoms with Crippen LogP contribution in [0.2, 0.25) is 0 Å². The molecule has 4 heteroatoms. The number of aryl methyl sites for hydroxylation is 1. The van der Waals surface area contributed by atoms with E-state index < -0.39 is 0 Å². The van der Waals surface area contributed by atoms with Crippen LogP contribution < -0.4 is 15.0 Å². The Labute approximate surface area is 143 Å². The van der Waals surface area contributed by atoms with Crippen molar-refractivity contribution in [3.63, 3.8) is 0 Å². The zero-order chi connectivity index (χ0) is 16.9. The summed E-state index contributed by atoms with van der Waals surface area (Å²) in [6.45, 7) is 3.83. The number of ether oxygens (including phenoxy) is 1. The van der Waals surface area contributed by atoms with Crippen LogP contribution in [0, 0.1) is 12.8 Å². The summed E-state index contributed by atoms with van der Waals surface area (Å²) in [5.74, 6) is 0.845. The Bertz CT molecular complexity index is 692. The molecule has 2 aromatic carbocycles. The first-order valence-electron chi connectivity index (χ1n) is 8.43. The molecular formula is C20H24N2O2. The molecule has 1 heterocycles. The number of carbonyl (C=O) groups excluding carboxylic acids is 1. The molecule has 0 spiro atoms. The van der Waals surface area contributed by atoms with Crippen LogP contribution in [0.25, 0.3) is 0 Å². The zero-order valence-corrected chi connectivity index (χ0v) is 14.3. The summed E-state index contributed by atoms with van der Waals surface area (Å²) < 4.78 is 5.34. The predicted octanol–water partition coefficient (Wildman–Crippen LogP) is 3.86. The van der Waals surface area contributed by atoms with Gasteiger partial charge in [-0.3, -0.25) is 4.79 Å². The summed E-state index contributed by atoms with van der Waals surface area (Å²) in [6.07, 6.45) is 1.74. The lowest BCUT2D eigenvalue weighted by molar-refractivity contribution is -0.120. The van der Waals surface area contributed by atoms with E-state index in [2.05, 4.69) is 34.5 Å². The van der Waals surface area contributed by atoms with Crippen LogP contribution in [0.15, 0.2) is 48.5 Å². The number of carbonyl (C=O) groups is 1. The largest absolute Gasteiger partial charge is 0.495 e. The summed E-state index contributed by atoms with van der Waals surface area (Å²) in [5, 5.41) is 3.04. The molecule has 1 aliphatic rings. The fourth-order valence-corrected chi connectivity index (χ4v) is 3.19. The quantitative estimate of drug-likeness (QED) is 0.928. The summed E-state index contributed by atoms with van der Waals surface area (Å²) >= 11 is 0. The van der Waals surface area contributed by atoms with Crippen molar-refractivity contribution in [2.75, 3.05) is 30.4 Å². The monoisotopic (exact) mass is 324 g/mol. The third-order valence-corrected chi connectivity index (χ3v) is 4.60. The molecule has 0 atom stereocenters. The standard InChI is InChI=1S/C20H24N2O2/c1-15-8-9-19(24-2)18(14-15)21-20(23)16-10-12-22(13-11-16)17-6-4-3-5-7-17/h3-9,14,16H,10-13H2,1-2H3,(H,21,23). The number of nitrogens with one attached hydrogen (secondary N) is 1. The van der Waals surface area contributed by atoms with Crippen LogP contribution in [0.5, 0.6) is 5.75 Å². The van der Waals surface area contributed by atoms with Gasteiger partial charge in [-0.25, -0.2) is 0 Å². The maximum absolute atomic E-state index is 12.6. The lowest BCUT2D eigenvalue weighted by Gasteiger charge is -2.33. The molecule has 24 heavy (non-hydrogen) atoms. The highest BCUT2D eigenvalue weighted by Crippen LogP contribution is 2.28. The summed E-state index contributed by atoms with van der Waals surface area (Å²) in [5.41, 5.74) is 3.09. The number of rotatable bonds is 4. The first kappa shape index (κ1) is 16.4. The van der Waals surface area contributed by atoms with Gasteiger partial charge in [0.15, 0.2) is 0 Å². The zero-order valence-electron chi connectivity index (χ0n) is 14.3. The summed E-state index contributed by atoms with van der Waals surface area (Å²) in [4.78, 5) is 14.9. The number of para-hydroxylation sites is 1. The van der Waals surface area contributed by atoms with Gasteiger partial charge in [-0.15, -0.1) is 0 Å². The van der Waals surface area contributed by atoms with Crippen molar-refractivity contribution < 1.29 is 9.53 Å². The molecule has 1 amide bonds. The van der Waals surface area contributed by atoms with E-state index in [1.165, 1.54) is 5.69 Å². The molecule has 0 bridgehead atoms. The highest BCUT2D eigenvalue weighted by atomic mass is 16.5. The first-order chi connectivity index (χ1) is 11.7. The van der Waals surface area contributed by atoms with Crippen molar-refractivity contribution in [1.82, 2.24) is 0 Å². The number of hydrogen-bond acceptors (Lipinski definition) is 3. The molecule has 1 N–H and O–H groups in total. The molecule has 1 fully saturated rings. The topological polar surface area (TPSA) is 41.6 Å². The Balaban J connectivity index is 1.61. The van der Waals surface area contributed by atoms with Crippen molar-refractivity contribution in [3.8, 4) is 5.75 Å². The van der Waals surface area contributed by atoms with Crippen molar-refractivity contribution in [3.05, 3.63) is 54.1 Å². The van der Waals surface area contributed by atoms with E-state index in [0.29, 0.717) is 5.75 Å². The van der Waals surface area contributed by atoms with Crippen LogP contribution in [-0.4, -0.2) is 26.1 Å². The Morgan fingerprint density at radius 2 is 1.83 bits per heavy atom. The van der Waals surface area contributed by atoms with E-state index in [1.54, 1.807) is 7.11 Å². The minimum atomic E-state index is 0.0511. The summed E-state index contributed by atoms with van der Waals surface area (Å²) in [7, 11) is 1.62. The van der Waals surface area contributed by atoms with E-state index in [-0.39, 0.29) is 11.8 Å². The third-order valence-electron chi connectivity index (χ3n) is 4.60. The Morgan fingerprint density at radius 1 is 1.12 bits per heavy atom. The Kier molecular flexibility index (Phi) is 5.04. The molecular weight excluding hydrogens is 300 g/mol. The normalized spacial score (nSPS) is 15.2. The van der Waals surface area contributed by atoms with Crippen LogP contribution >= 0.6 is 0 Å². The SMILES string of the molecule is COc1ccc(C)cc1NC(=O)C1CCN(c2ccccc2)CC1. The van der Waals surface area contributed by atoms with Gasteiger partial charge in [0, 0.05) is 24.7 Å². The molecule has 0 aliphatic carbocycles. The highest BCUT2D eigenvalue weighted by molar-refractivity contribution is 5.94. The average molecular weight is 324 g/mol. The van der Waals surface area contributed by atoms with Crippen molar-refractivity contribution in [2.45, 2.75) is 19.8 Å². The molecule has 1 saturated heterocycles. The van der Waals surface area contributed by atoms with Gasteiger partial charge in [0.2, 0.25) is 5.91 Å². The van der Waals surface area contributed by atoms with Gasteiger partial charge >= 0.3 is 0 Å². The van der Waals surface area contributed by atoms with Gasteiger partial charge < -0.3 is 15.0 Å². The minimum absolute atomic E-state index is 0.0511. The van der Waals surface area contributed by atoms with Gasteiger partial charge in [0.25, 0.3) is 0 Å². The lowest BCUT2D eigenvalue weighted by atomic mass is 9.95. The number of nitrogens with zero attached hydrogens (tertiary/aromatic N) is 1. The second-order valence-electron chi connectivity index (χ2n) is 6.29. The number of hydrogen-bond donors (Lipinski definition) is 1. The van der Waals surface area contributed by atoms with E-state index in [1.807, 2.05) is 31.2 Å². The van der Waals surface area contributed by atoms with Gasteiger partial charge in [0.1, 0.15) is 5.75 Å². The molecule has 0 saturated carbocycles. The number of anilines is 2. The second-order valence-corrected chi connectivity index (χ2v) is 6.29. The molecule has 2 aromatic rings. The van der Waals surface area contributed by atoms with Gasteiger partial charge in [-0.1, -0.05) is 24.3 Å². The fraction of sp³-hybridized carbons (Fsp3) is 0.350. The van der Waals surface area contributed by atoms with E-state index in [9.17, 15) is 4.79 Å². The third kappa shape index (κ3) is 3.70. The predicted molar refractivity (Wildman–Crippen MR) is 97.7 cm³/mol. The van der Waals surface area contributed by atoms with Crippen LogP contribution in [0.1, 0.15) is 18.4 Å². The van der Waals surface area contributed by atoms with E-state index >= 15 is 0 Å². The van der Waals surface area contributed by atoms with E-state index in [0.717, 1.165) is 37.2 Å². The molecule has 0 radical (unpaired) electrons. The maximum Gasteiger partial charge on any atom is 0.227 e. The average Bonchev–Trinajstić information content (AvgIpc) is 2.63. The fourth-order valence-electron chi connectivity index (χ4n) is 3.19. The summed E-state index contributed by atoms with van der Waals surface area (Å²) in [6, 6.07) is 16.2. The van der Waals surface area contributed by atoms with Crippen LogP contribution in [0.3, 0.4) is 0 Å². The lowest BCUT2D eigenvalue weighted by Crippen LogP contribution is -2.38. The van der Waals surface area contributed by atoms with Crippen LogP contribution in [-0.2, 0) is 4.79 Å². The molecule has 1 aliphatic heterocycles. The maximum atomic E-state index is 12.6. The number of benzene rings is 2. The molecule has 126 valence electrons. The Morgan fingerprint density at radius 3 is 2.50 bits per heavy atom. The van der Waals surface area contributed by atoms with Crippen molar-refractivity contribution in [1.29, 1.82) is 0 Å². The number of piperidine rings is 1. The van der Waals surface area contributed by atoms with Crippen LogP contribution in [0.4, 0.5) is 11.4 Å².